The van der Waals surface area contributed by atoms with Gasteiger partial charge in [0.05, 0.1) is 0 Å². The number of ether oxygens (including phenoxy) is 2. The summed E-state index contributed by atoms with van der Waals surface area (Å²) < 4.78 is 10.0. The van der Waals surface area contributed by atoms with Gasteiger partial charge in [0.15, 0.2) is 0 Å². The summed E-state index contributed by atoms with van der Waals surface area (Å²) in [4.78, 5) is 22.4. The van der Waals surface area contributed by atoms with Gasteiger partial charge in [0, 0.05) is 12.5 Å². The van der Waals surface area contributed by atoms with Crippen molar-refractivity contribution >= 4 is 11.9 Å². The number of hydrogen-bond acceptors (Lipinski definition) is 4. The molecule has 0 N–H and O–H groups in total. The second-order valence-electron chi connectivity index (χ2n) is 4.18. The lowest BCUT2D eigenvalue weighted by Gasteiger charge is -2.19. The van der Waals surface area contributed by atoms with Crippen molar-refractivity contribution in [2.45, 2.75) is 38.4 Å². The van der Waals surface area contributed by atoms with Crippen molar-refractivity contribution < 1.29 is 19.1 Å². The zero-order valence-electron chi connectivity index (χ0n) is 8.62. The molecule has 0 spiro atoms. The maximum Gasteiger partial charge on any atom is 0.351 e. The quantitative estimate of drug-likeness (QED) is 0.494. The molecule has 1 rings (SSSR count). The van der Waals surface area contributed by atoms with E-state index in [1.165, 1.54) is 0 Å². The molecule has 0 bridgehead atoms. The van der Waals surface area contributed by atoms with Crippen LogP contribution in [0.3, 0.4) is 0 Å². The molecule has 0 aromatic heterocycles. The first kappa shape index (κ1) is 10.8. The number of carbonyl (C=O) groups is 2. The van der Waals surface area contributed by atoms with Gasteiger partial charge in [-0.2, -0.15) is 0 Å². The van der Waals surface area contributed by atoms with E-state index in [0.29, 0.717) is 6.42 Å². The number of esters is 2. The maximum atomic E-state index is 11.4. The number of rotatable bonds is 2. The Labute approximate surface area is 82.9 Å². The largest absolute Gasteiger partial charge is 0.457 e. The summed E-state index contributed by atoms with van der Waals surface area (Å²) in [6.45, 7) is 8.37. The topological polar surface area (TPSA) is 52.6 Å². The highest BCUT2D eigenvalue weighted by Crippen LogP contribution is 2.36. The Morgan fingerprint density at radius 1 is 1.57 bits per heavy atom. The van der Waals surface area contributed by atoms with E-state index in [9.17, 15) is 9.59 Å². The highest BCUT2D eigenvalue weighted by Gasteiger charge is 2.52. The lowest BCUT2D eigenvalue weighted by atomic mass is 9.95. The van der Waals surface area contributed by atoms with Gasteiger partial charge < -0.3 is 9.47 Å². The summed E-state index contributed by atoms with van der Waals surface area (Å²) in [5.41, 5.74) is -1.75. The van der Waals surface area contributed by atoms with Crippen LogP contribution in [-0.4, -0.2) is 23.1 Å². The van der Waals surface area contributed by atoms with Crippen molar-refractivity contribution in [3.8, 4) is 0 Å². The first-order chi connectivity index (χ1) is 6.29. The van der Waals surface area contributed by atoms with Crippen LogP contribution in [0.15, 0.2) is 12.7 Å². The minimum Gasteiger partial charge on any atom is -0.457 e. The van der Waals surface area contributed by atoms with Gasteiger partial charge in [-0.15, -0.1) is 0 Å². The highest BCUT2D eigenvalue weighted by atomic mass is 16.6. The first-order valence-electron chi connectivity index (χ1n) is 4.38. The van der Waals surface area contributed by atoms with Crippen LogP contribution in [0.25, 0.3) is 0 Å². The molecule has 1 atom stereocenters. The fourth-order valence-electron chi connectivity index (χ4n) is 1.62. The van der Waals surface area contributed by atoms with Crippen molar-refractivity contribution in [2.24, 2.45) is 0 Å². The van der Waals surface area contributed by atoms with Gasteiger partial charge in [0.1, 0.15) is 5.60 Å². The van der Waals surface area contributed by atoms with Crippen LogP contribution in [0, 0.1) is 0 Å². The second-order valence-corrected chi connectivity index (χ2v) is 4.18. The maximum absolute atomic E-state index is 11.4. The minimum absolute atomic E-state index is 0.360. The molecule has 4 nitrogen and oxygen atoms in total. The summed E-state index contributed by atoms with van der Waals surface area (Å²) in [6.07, 6.45) is 1.39. The third-order valence-corrected chi connectivity index (χ3v) is 2.06. The molecule has 1 saturated heterocycles. The predicted molar refractivity (Wildman–Crippen MR) is 49.5 cm³/mol. The molecule has 0 aromatic rings. The first-order valence-corrected chi connectivity index (χ1v) is 4.38. The number of cyclic esters (lactones) is 1. The number of hydrogen-bond donors (Lipinski definition) is 0. The molecule has 0 aromatic carbocycles. The Balaban J connectivity index is 2.80. The fourth-order valence-corrected chi connectivity index (χ4v) is 1.62. The summed E-state index contributed by atoms with van der Waals surface area (Å²) >= 11 is 0. The molecular weight excluding hydrogens is 184 g/mol. The fraction of sp³-hybridized carbons (Fsp3) is 0.600. The van der Waals surface area contributed by atoms with E-state index < -0.39 is 23.1 Å². The van der Waals surface area contributed by atoms with Crippen LogP contribution in [-0.2, 0) is 19.1 Å². The molecule has 14 heavy (non-hydrogen) atoms. The van der Waals surface area contributed by atoms with Gasteiger partial charge in [-0.3, -0.25) is 0 Å². The zero-order valence-corrected chi connectivity index (χ0v) is 8.62. The van der Waals surface area contributed by atoms with Crippen molar-refractivity contribution in [1.82, 2.24) is 0 Å². The number of carbonyl (C=O) groups excluding carboxylic acids is 2. The average molecular weight is 198 g/mol. The Kier molecular flexibility index (Phi) is 2.39. The summed E-state index contributed by atoms with van der Waals surface area (Å²) in [7, 11) is 0. The summed E-state index contributed by atoms with van der Waals surface area (Å²) in [5.74, 6) is -1.11. The Morgan fingerprint density at radius 2 is 2.14 bits per heavy atom. The normalized spacial score (nSPS) is 29.5. The summed E-state index contributed by atoms with van der Waals surface area (Å²) in [5, 5.41) is 0. The monoisotopic (exact) mass is 198 g/mol. The molecule has 0 aliphatic carbocycles. The lowest BCUT2D eigenvalue weighted by molar-refractivity contribution is -0.168. The smallest absolute Gasteiger partial charge is 0.351 e. The molecule has 1 heterocycles. The van der Waals surface area contributed by atoms with Crippen LogP contribution in [0.5, 0.6) is 0 Å². The van der Waals surface area contributed by atoms with E-state index in [1.54, 1.807) is 20.8 Å². The van der Waals surface area contributed by atoms with Crippen molar-refractivity contribution in [3.05, 3.63) is 12.7 Å². The van der Waals surface area contributed by atoms with Crippen LogP contribution in [0.4, 0.5) is 0 Å². The van der Waals surface area contributed by atoms with E-state index in [1.807, 2.05) is 0 Å². The molecule has 1 fully saturated rings. The van der Waals surface area contributed by atoms with Gasteiger partial charge in [0.2, 0.25) is 5.60 Å². The SMILES string of the molecule is C=CC(=O)OC1(C)CC(C)(C)OC1=O. The Hall–Kier alpha value is -1.32. The molecule has 4 heteroatoms. The van der Waals surface area contributed by atoms with Crippen LogP contribution in [0.2, 0.25) is 0 Å². The molecule has 1 aliphatic heterocycles. The Bertz CT molecular complexity index is 292. The standard InChI is InChI=1S/C10H14O4/c1-5-7(11)13-10(4)6-9(2,3)14-8(10)12/h5H,1,6H2,2-4H3. The second kappa shape index (κ2) is 3.12. The summed E-state index contributed by atoms with van der Waals surface area (Å²) in [6, 6.07) is 0. The Morgan fingerprint density at radius 3 is 2.50 bits per heavy atom. The molecule has 0 saturated carbocycles. The van der Waals surface area contributed by atoms with Gasteiger partial charge >= 0.3 is 11.9 Å². The van der Waals surface area contributed by atoms with Crippen LogP contribution >= 0.6 is 0 Å². The van der Waals surface area contributed by atoms with Crippen molar-refractivity contribution in [1.29, 1.82) is 0 Å². The van der Waals surface area contributed by atoms with E-state index >= 15 is 0 Å². The van der Waals surface area contributed by atoms with Crippen LogP contribution in [0.1, 0.15) is 27.2 Å². The lowest BCUT2D eigenvalue weighted by Crippen LogP contribution is -2.36. The molecule has 78 valence electrons. The molecule has 1 unspecified atom stereocenters. The third-order valence-electron chi connectivity index (χ3n) is 2.06. The van der Waals surface area contributed by atoms with E-state index in [-0.39, 0.29) is 0 Å². The average Bonchev–Trinajstić information content (AvgIpc) is 2.20. The van der Waals surface area contributed by atoms with E-state index in [0.717, 1.165) is 6.08 Å². The van der Waals surface area contributed by atoms with Crippen LogP contribution < -0.4 is 0 Å². The van der Waals surface area contributed by atoms with Crippen molar-refractivity contribution in [3.63, 3.8) is 0 Å². The van der Waals surface area contributed by atoms with Gasteiger partial charge in [-0.1, -0.05) is 6.58 Å². The van der Waals surface area contributed by atoms with E-state index in [2.05, 4.69) is 6.58 Å². The van der Waals surface area contributed by atoms with Gasteiger partial charge in [-0.25, -0.2) is 9.59 Å². The molecule has 1 aliphatic rings. The molecule has 0 radical (unpaired) electrons. The third kappa shape index (κ3) is 1.95. The molecular formula is C10H14O4. The predicted octanol–water partition coefficient (Wildman–Crippen LogP) is 1.20. The van der Waals surface area contributed by atoms with Crippen molar-refractivity contribution in [2.75, 3.05) is 0 Å². The minimum atomic E-state index is -1.17. The molecule has 0 amide bonds. The van der Waals surface area contributed by atoms with E-state index in [4.69, 9.17) is 9.47 Å². The highest BCUT2D eigenvalue weighted by molar-refractivity contribution is 5.88. The van der Waals surface area contributed by atoms with Gasteiger partial charge in [0.25, 0.3) is 0 Å². The zero-order chi connectivity index (χ0) is 11.0. The van der Waals surface area contributed by atoms with Gasteiger partial charge in [-0.05, 0) is 20.8 Å².